The number of likely N-dealkylation sites (tertiary alicyclic amines) is 1. The average Bonchev–Trinajstić information content (AvgIpc) is 3.45. The fourth-order valence-corrected chi connectivity index (χ4v) is 7.20. The van der Waals surface area contributed by atoms with Crippen molar-refractivity contribution in [3.8, 4) is 0 Å². The van der Waals surface area contributed by atoms with Gasteiger partial charge in [-0.1, -0.05) is 24.3 Å². The predicted molar refractivity (Wildman–Crippen MR) is 119 cm³/mol. The average molecular weight is 443 g/mol. The van der Waals surface area contributed by atoms with Crippen LogP contribution in [0.1, 0.15) is 42.3 Å². The van der Waals surface area contributed by atoms with E-state index in [1.165, 1.54) is 23.3 Å². The lowest BCUT2D eigenvalue weighted by Gasteiger charge is -2.36. The predicted octanol–water partition coefficient (Wildman–Crippen LogP) is 4.59. The molecule has 0 spiro atoms. The molecule has 2 aliphatic rings. The molecule has 0 radical (unpaired) electrons. The summed E-state index contributed by atoms with van der Waals surface area (Å²) in [7, 11) is -3.41. The van der Waals surface area contributed by atoms with Crippen LogP contribution in [0.25, 0.3) is 10.8 Å². The molecule has 7 heteroatoms. The quantitative estimate of drug-likeness (QED) is 0.579. The van der Waals surface area contributed by atoms with Crippen molar-refractivity contribution < 1.29 is 13.2 Å². The lowest BCUT2D eigenvalue weighted by Crippen LogP contribution is -2.39. The van der Waals surface area contributed by atoms with E-state index in [9.17, 15) is 8.42 Å². The fourth-order valence-electron chi connectivity index (χ4n) is 4.92. The van der Waals surface area contributed by atoms with E-state index in [-0.39, 0.29) is 5.75 Å². The van der Waals surface area contributed by atoms with Crippen molar-refractivity contribution in [1.82, 2.24) is 9.88 Å². The highest BCUT2D eigenvalue weighted by Gasteiger charge is 2.33. The number of nitrogens with zero attached hydrogens (tertiary/aromatic N) is 2. The van der Waals surface area contributed by atoms with Gasteiger partial charge in [0.25, 0.3) is 0 Å². The zero-order valence-corrected chi connectivity index (χ0v) is 18.5. The highest BCUT2D eigenvalue weighted by Crippen LogP contribution is 2.39. The molecule has 158 valence electrons. The van der Waals surface area contributed by atoms with Gasteiger partial charge in [-0.15, -0.1) is 11.3 Å². The molecular weight excluding hydrogens is 416 g/mol. The summed E-state index contributed by atoms with van der Waals surface area (Å²) >= 11 is 1.38. The summed E-state index contributed by atoms with van der Waals surface area (Å²) in [6, 6.07) is 12.9. The van der Waals surface area contributed by atoms with Crippen LogP contribution in [-0.2, 0) is 20.3 Å². The smallest absolute Gasteiger partial charge is 0.184 e. The van der Waals surface area contributed by atoms with Crippen LogP contribution in [0.5, 0.6) is 0 Å². The van der Waals surface area contributed by atoms with E-state index in [1.807, 2.05) is 23.6 Å². The second-order valence-corrected chi connectivity index (χ2v) is 11.1. The molecule has 30 heavy (non-hydrogen) atoms. The van der Waals surface area contributed by atoms with Gasteiger partial charge in [0.1, 0.15) is 10.8 Å². The first-order chi connectivity index (χ1) is 14.6. The van der Waals surface area contributed by atoms with E-state index < -0.39 is 9.84 Å². The minimum Gasteiger partial charge on any atom is -0.381 e. The van der Waals surface area contributed by atoms with E-state index in [4.69, 9.17) is 4.74 Å². The SMILES string of the molecule is O=S(=O)(Cc1nccs1)c1ccc2c([C@H]3CCCN3C3CCOCC3)cccc2c1. The Kier molecular flexibility index (Phi) is 5.62. The maximum Gasteiger partial charge on any atom is 0.184 e. The minimum absolute atomic E-state index is 0.0456. The molecule has 3 heterocycles. The number of hydrogen-bond acceptors (Lipinski definition) is 6. The second kappa shape index (κ2) is 8.38. The molecule has 0 saturated carbocycles. The first kappa shape index (κ1) is 20.1. The van der Waals surface area contributed by atoms with Crippen molar-refractivity contribution in [3.05, 3.63) is 58.5 Å². The molecule has 0 aliphatic carbocycles. The molecule has 2 fully saturated rings. The van der Waals surface area contributed by atoms with Crippen molar-refractivity contribution in [1.29, 1.82) is 0 Å². The Hall–Kier alpha value is -1.80. The van der Waals surface area contributed by atoms with E-state index in [0.717, 1.165) is 49.8 Å². The Morgan fingerprint density at radius 2 is 2.00 bits per heavy atom. The Labute approximate surface area is 181 Å². The molecule has 0 bridgehead atoms. The van der Waals surface area contributed by atoms with Crippen molar-refractivity contribution >= 4 is 31.9 Å². The van der Waals surface area contributed by atoms with Crippen molar-refractivity contribution in [2.75, 3.05) is 19.8 Å². The Balaban J connectivity index is 1.47. The minimum atomic E-state index is -3.41. The zero-order valence-electron chi connectivity index (χ0n) is 16.9. The Morgan fingerprint density at radius 1 is 1.13 bits per heavy atom. The van der Waals surface area contributed by atoms with Crippen LogP contribution in [0.3, 0.4) is 0 Å². The number of sulfone groups is 1. The van der Waals surface area contributed by atoms with Crippen LogP contribution >= 0.6 is 11.3 Å². The van der Waals surface area contributed by atoms with Crippen LogP contribution in [0.4, 0.5) is 0 Å². The van der Waals surface area contributed by atoms with E-state index >= 15 is 0 Å². The first-order valence-electron chi connectivity index (χ1n) is 10.6. The third-order valence-corrected chi connectivity index (χ3v) is 8.94. The molecule has 0 unspecified atom stereocenters. The van der Waals surface area contributed by atoms with E-state index in [1.54, 1.807) is 12.3 Å². The third kappa shape index (κ3) is 3.91. The highest BCUT2D eigenvalue weighted by atomic mass is 32.2. The van der Waals surface area contributed by atoms with Gasteiger partial charge in [-0.25, -0.2) is 13.4 Å². The summed E-state index contributed by atoms with van der Waals surface area (Å²) < 4.78 is 31.3. The first-order valence-corrected chi connectivity index (χ1v) is 13.1. The monoisotopic (exact) mass is 442 g/mol. The number of benzene rings is 2. The van der Waals surface area contributed by atoms with Gasteiger partial charge in [0, 0.05) is 36.9 Å². The molecule has 5 nitrogen and oxygen atoms in total. The molecule has 5 rings (SSSR count). The number of fused-ring (bicyclic) bond motifs is 1. The molecule has 2 aliphatic heterocycles. The van der Waals surface area contributed by atoms with Gasteiger partial charge in [-0.2, -0.15) is 0 Å². The van der Waals surface area contributed by atoms with Crippen LogP contribution in [0.2, 0.25) is 0 Å². The lowest BCUT2D eigenvalue weighted by molar-refractivity contribution is 0.0293. The number of rotatable bonds is 5. The summed E-state index contributed by atoms with van der Waals surface area (Å²) in [5.41, 5.74) is 1.32. The molecular formula is C23H26N2O3S2. The lowest BCUT2D eigenvalue weighted by atomic mass is 9.95. The van der Waals surface area contributed by atoms with Crippen LogP contribution in [0, 0.1) is 0 Å². The standard InChI is InChI=1S/C23H26N2O3S2/c26-30(27,16-23-24-10-14-29-23)19-6-7-20-17(15-19)3-1-4-21(20)22-5-2-11-25(22)18-8-12-28-13-9-18/h1,3-4,6-7,10,14-15,18,22H,2,5,8-9,11-13,16H2/t22-/m1/s1. The summed E-state index contributed by atoms with van der Waals surface area (Å²) in [5.74, 6) is -0.0456. The van der Waals surface area contributed by atoms with Gasteiger partial charge >= 0.3 is 0 Å². The Morgan fingerprint density at radius 3 is 2.80 bits per heavy atom. The van der Waals surface area contributed by atoms with Gasteiger partial charge in [0.15, 0.2) is 9.84 Å². The maximum atomic E-state index is 12.9. The van der Waals surface area contributed by atoms with Crippen LogP contribution < -0.4 is 0 Å². The molecule has 1 aromatic heterocycles. The summed E-state index contributed by atoms with van der Waals surface area (Å²) in [4.78, 5) is 7.16. The van der Waals surface area contributed by atoms with Crippen molar-refractivity contribution in [2.45, 2.75) is 48.4 Å². The summed E-state index contributed by atoms with van der Waals surface area (Å²) in [6.45, 7) is 2.83. The van der Waals surface area contributed by atoms with Gasteiger partial charge in [-0.05, 0) is 60.7 Å². The molecule has 3 aromatic rings. The number of hydrogen-bond donors (Lipinski definition) is 0. The largest absolute Gasteiger partial charge is 0.381 e. The van der Waals surface area contributed by atoms with Crippen LogP contribution in [0.15, 0.2) is 52.9 Å². The Bertz CT molecular complexity index is 1120. The van der Waals surface area contributed by atoms with E-state index in [2.05, 4.69) is 22.0 Å². The highest BCUT2D eigenvalue weighted by molar-refractivity contribution is 7.90. The molecule has 0 N–H and O–H groups in total. The fraction of sp³-hybridized carbons (Fsp3) is 0.435. The van der Waals surface area contributed by atoms with Gasteiger partial charge in [0.2, 0.25) is 0 Å². The summed E-state index contributed by atoms with van der Waals surface area (Å²) in [6.07, 6.45) is 6.20. The number of aromatic nitrogens is 1. The van der Waals surface area contributed by atoms with E-state index in [0.29, 0.717) is 22.0 Å². The zero-order chi connectivity index (χ0) is 20.6. The summed E-state index contributed by atoms with van der Waals surface area (Å²) in [5, 5.41) is 4.59. The topological polar surface area (TPSA) is 59.5 Å². The van der Waals surface area contributed by atoms with Crippen LogP contribution in [-0.4, -0.2) is 44.1 Å². The molecule has 1 atom stereocenters. The second-order valence-electron chi connectivity index (χ2n) is 8.15. The third-order valence-electron chi connectivity index (χ3n) is 6.35. The van der Waals surface area contributed by atoms with Crippen molar-refractivity contribution in [3.63, 3.8) is 0 Å². The normalized spacial score (nSPS) is 21.4. The molecule has 2 saturated heterocycles. The van der Waals surface area contributed by atoms with Gasteiger partial charge < -0.3 is 4.74 Å². The number of thiazole rings is 1. The number of ether oxygens (including phenoxy) is 1. The molecule has 0 amide bonds. The van der Waals surface area contributed by atoms with Crippen molar-refractivity contribution in [2.24, 2.45) is 0 Å². The van der Waals surface area contributed by atoms with Gasteiger partial charge in [-0.3, -0.25) is 4.90 Å². The molecule has 2 aromatic carbocycles. The maximum absolute atomic E-state index is 12.9. The van der Waals surface area contributed by atoms with Gasteiger partial charge in [0.05, 0.1) is 4.90 Å².